The summed E-state index contributed by atoms with van der Waals surface area (Å²) in [6.07, 6.45) is 1.51. The third-order valence-electron chi connectivity index (χ3n) is 0.939. The van der Waals surface area contributed by atoms with Crippen LogP contribution in [0.3, 0.4) is 0 Å². The molecular formula is C4H8NOP. The Bertz CT molecular complexity index is 75.8. The molecule has 0 radical (unpaired) electrons. The number of nitrogens with one attached hydrogen (secondary N) is 1. The average molecular weight is 117 g/mol. The van der Waals surface area contributed by atoms with Crippen LogP contribution >= 0.6 is 8.73 Å². The van der Waals surface area contributed by atoms with Gasteiger partial charge in [0.2, 0.25) is 0 Å². The summed E-state index contributed by atoms with van der Waals surface area (Å²) in [5, 5.41) is 3.12. The highest BCUT2D eigenvalue weighted by Gasteiger charge is 2.04. The SMILES string of the molecule is O=C1CCNPC1. The van der Waals surface area contributed by atoms with Crippen LogP contribution < -0.4 is 5.09 Å². The maximum absolute atomic E-state index is 10.4. The lowest BCUT2D eigenvalue weighted by atomic mass is 10.3. The number of Topliss-reactive ketones (excluding diaryl/α,β-unsaturated/α-hetero) is 1. The van der Waals surface area contributed by atoms with Crippen LogP contribution in [-0.2, 0) is 4.79 Å². The Labute approximate surface area is 44.5 Å². The van der Waals surface area contributed by atoms with Gasteiger partial charge in [0.05, 0.1) is 0 Å². The van der Waals surface area contributed by atoms with Gasteiger partial charge in [-0.25, -0.2) is 0 Å². The van der Waals surface area contributed by atoms with Crippen molar-refractivity contribution in [2.75, 3.05) is 12.7 Å². The van der Waals surface area contributed by atoms with Crippen LogP contribution in [0.1, 0.15) is 6.42 Å². The molecule has 1 heterocycles. The molecule has 40 valence electrons. The van der Waals surface area contributed by atoms with E-state index in [1.165, 1.54) is 0 Å². The first-order valence-corrected chi connectivity index (χ1v) is 3.58. The van der Waals surface area contributed by atoms with E-state index in [1.807, 2.05) is 0 Å². The predicted molar refractivity (Wildman–Crippen MR) is 30.8 cm³/mol. The van der Waals surface area contributed by atoms with Crippen molar-refractivity contribution in [3.8, 4) is 0 Å². The normalized spacial score (nSPS) is 26.0. The topological polar surface area (TPSA) is 29.1 Å². The minimum Gasteiger partial charge on any atom is -0.299 e. The van der Waals surface area contributed by atoms with Crippen molar-refractivity contribution in [2.24, 2.45) is 0 Å². The minimum absolute atomic E-state index is 0.414. The van der Waals surface area contributed by atoms with Crippen molar-refractivity contribution < 1.29 is 4.79 Å². The first kappa shape index (κ1) is 5.20. The fourth-order valence-corrected chi connectivity index (χ4v) is 1.34. The molecule has 0 aliphatic carbocycles. The molecule has 1 saturated heterocycles. The lowest BCUT2D eigenvalue weighted by Crippen LogP contribution is -2.19. The van der Waals surface area contributed by atoms with E-state index in [4.69, 9.17) is 0 Å². The number of hydrogen-bond donors (Lipinski definition) is 1. The Morgan fingerprint density at radius 1 is 1.71 bits per heavy atom. The molecule has 1 atom stereocenters. The third-order valence-corrected chi connectivity index (χ3v) is 2.01. The Hall–Kier alpha value is 0.0600. The maximum Gasteiger partial charge on any atom is 0.139 e. The van der Waals surface area contributed by atoms with Crippen LogP contribution in [0.4, 0.5) is 0 Å². The van der Waals surface area contributed by atoms with Crippen LogP contribution in [-0.4, -0.2) is 18.5 Å². The second-order valence-electron chi connectivity index (χ2n) is 1.57. The van der Waals surface area contributed by atoms with Gasteiger partial charge in [-0.1, -0.05) is 0 Å². The van der Waals surface area contributed by atoms with E-state index in [9.17, 15) is 4.79 Å². The molecule has 0 aromatic heterocycles. The first-order valence-electron chi connectivity index (χ1n) is 2.37. The maximum atomic E-state index is 10.4. The van der Waals surface area contributed by atoms with Gasteiger partial charge in [0.1, 0.15) is 5.78 Å². The summed E-state index contributed by atoms with van der Waals surface area (Å²) in [6, 6.07) is 0. The molecular weight excluding hydrogens is 109 g/mol. The largest absolute Gasteiger partial charge is 0.299 e. The predicted octanol–water partition coefficient (Wildman–Crippen LogP) is 0.142. The highest BCUT2D eigenvalue weighted by atomic mass is 31.1. The summed E-state index contributed by atoms with van der Waals surface area (Å²) in [7, 11) is 0.682. The minimum atomic E-state index is 0.414. The van der Waals surface area contributed by atoms with Gasteiger partial charge < -0.3 is 0 Å². The van der Waals surface area contributed by atoms with Gasteiger partial charge in [0, 0.05) is 19.1 Å². The zero-order chi connectivity index (χ0) is 5.11. The van der Waals surface area contributed by atoms with Crippen molar-refractivity contribution in [3.63, 3.8) is 0 Å². The molecule has 1 rings (SSSR count). The molecule has 7 heavy (non-hydrogen) atoms. The van der Waals surface area contributed by atoms with E-state index in [1.54, 1.807) is 0 Å². The lowest BCUT2D eigenvalue weighted by molar-refractivity contribution is -0.116. The summed E-state index contributed by atoms with van der Waals surface area (Å²) in [6.45, 7) is 0.900. The molecule has 1 fully saturated rings. The number of carbonyl (C=O) groups excluding carboxylic acids is 1. The van der Waals surface area contributed by atoms with Crippen LogP contribution in [0.2, 0.25) is 0 Å². The lowest BCUT2D eigenvalue weighted by Gasteiger charge is -2.08. The molecule has 0 aromatic carbocycles. The highest BCUT2D eigenvalue weighted by molar-refractivity contribution is 7.37. The average Bonchev–Trinajstić information content (AvgIpc) is 1.69. The molecule has 0 spiro atoms. The van der Waals surface area contributed by atoms with E-state index in [-0.39, 0.29) is 0 Å². The zero-order valence-electron chi connectivity index (χ0n) is 4.03. The number of rotatable bonds is 0. The number of hydrogen-bond acceptors (Lipinski definition) is 2. The third kappa shape index (κ3) is 1.54. The summed E-state index contributed by atoms with van der Waals surface area (Å²) < 4.78 is 0. The molecule has 0 amide bonds. The van der Waals surface area contributed by atoms with Crippen LogP contribution in [0.5, 0.6) is 0 Å². The van der Waals surface area contributed by atoms with Crippen LogP contribution in [0.15, 0.2) is 0 Å². The van der Waals surface area contributed by atoms with Gasteiger partial charge in [-0.2, -0.15) is 0 Å². The van der Waals surface area contributed by atoms with Crippen LogP contribution in [0, 0.1) is 0 Å². The van der Waals surface area contributed by atoms with E-state index >= 15 is 0 Å². The second-order valence-corrected chi connectivity index (χ2v) is 2.63. The smallest absolute Gasteiger partial charge is 0.139 e. The Kier molecular flexibility index (Phi) is 1.77. The molecule has 2 nitrogen and oxygen atoms in total. The molecule has 0 bridgehead atoms. The molecule has 0 saturated carbocycles. The van der Waals surface area contributed by atoms with Crippen molar-refractivity contribution in [1.82, 2.24) is 5.09 Å². The van der Waals surface area contributed by atoms with E-state index in [0.29, 0.717) is 14.5 Å². The van der Waals surface area contributed by atoms with Crippen molar-refractivity contribution >= 4 is 14.5 Å². The van der Waals surface area contributed by atoms with E-state index < -0.39 is 0 Å². The first-order chi connectivity index (χ1) is 3.39. The van der Waals surface area contributed by atoms with Gasteiger partial charge >= 0.3 is 0 Å². The summed E-state index contributed by atoms with van der Waals surface area (Å²) in [5.41, 5.74) is 0. The van der Waals surface area contributed by atoms with E-state index in [0.717, 1.165) is 19.1 Å². The van der Waals surface area contributed by atoms with Crippen molar-refractivity contribution in [3.05, 3.63) is 0 Å². The monoisotopic (exact) mass is 117 g/mol. The van der Waals surface area contributed by atoms with Gasteiger partial charge in [-0.3, -0.25) is 9.88 Å². The summed E-state index contributed by atoms with van der Waals surface area (Å²) >= 11 is 0. The highest BCUT2D eigenvalue weighted by Crippen LogP contribution is 2.08. The molecule has 0 aromatic rings. The quantitative estimate of drug-likeness (QED) is 0.457. The second kappa shape index (κ2) is 2.39. The van der Waals surface area contributed by atoms with Gasteiger partial charge in [0.15, 0.2) is 0 Å². The zero-order valence-corrected chi connectivity index (χ0v) is 5.03. The fraction of sp³-hybridized carbons (Fsp3) is 0.750. The molecule has 1 aliphatic rings. The molecule has 1 N–H and O–H groups in total. The van der Waals surface area contributed by atoms with E-state index in [2.05, 4.69) is 5.09 Å². The number of ketones is 1. The van der Waals surface area contributed by atoms with Crippen LogP contribution in [0.25, 0.3) is 0 Å². The van der Waals surface area contributed by atoms with Gasteiger partial charge in [-0.15, -0.1) is 0 Å². The van der Waals surface area contributed by atoms with Gasteiger partial charge in [0.25, 0.3) is 0 Å². The van der Waals surface area contributed by atoms with Crippen molar-refractivity contribution in [1.29, 1.82) is 0 Å². The number of carbonyl (C=O) groups is 1. The standard InChI is InChI=1S/C4H8NOP/c6-4-1-2-5-7-3-4/h5,7H,1-3H2. The molecule has 1 unspecified atom stereocenters. The summed E-state index contributed by atoms with van der Waals surface area (Å²) in [5.74, 6) is 0.414. The Balaban J connectivity index is 2.25. The fourth-order valence-electron chi connectivity index (χ4n) is 0.540. The van der Waals surface area contributed by atoms with Crippen molar-refractivity contribution in [2.45, 2.75) is 6.42 Å². The van der Waals surface area contributed by atoms with Gasteiger partial charge in [-0.05, 0) is 8.73 Å². The molecule has 3 heteroatoms. The summed E-state index contributed by atoms with van der Waals surface area (Å²) in [4.78, 5) is 10.4. The Morgan fingerprint density at radius 3 is 2.86 bits per heavy atom. The molecule has 1 aliphatic heterocycles. The Morgan fingerprint density at radius 2 is 2.57 bits per heavy atom.